The van der Waals surface area contributed by atoms with Crippen molar-refractivity contribution >= 4 is 21.6 Å². The number of hydrogen-bond acceptors (Lipinski definition) is 2. The summed E-state index contributed by atoms with van der Waals surface area (Å²) in [5, 5.41) is 0.692. The van der Waals surface area contributed by atoms with Gasteiger partial charge in [0.05, 0.1) is 5.69 Å². The Kier molecular flexibility index (Phi) is 3.72. The Morgan fingerprint density at radius 3 is 2.76 bits per heavy atom. The molecule has 0 spiro atoms. The Hall–Kier alpha value is -1.81. The number of aromatic nitrogens is 2. The van der Waals surface area contributed by atoms with Crippen LogP contribution in [0.3, 0.4) is 0 Å². The predicted molar refractivity (Wildman–Crippen MR) is 88.6 cm³/mol. The molecule has 0 unspecified atom stereocenters. The Morgan fingerprint density at radius 2 is 2.00 bits per heavy atom. The number of imidazole rings is 1. The highest BCUT2D eigenvalue weighted by Gasteiger charge is 2.14. The first-order valence-electron chi connectivity index (χ1n) is 6.88. The van der Waals surface area contributed by atoms with Gasteiger partial charge in [0.1, 0.15) is 11.4 Å². The number of ether oxygens (including phenoxy) is 1. The van der Waals surface area contributed by atoms with Crippen molar-refractivity contribution in [3.8, 4) is 11.6 Å². The van der Waals surface area contributed by atoms with E-state index in [4.69, 9.17) is 4.74 Å². The Labute approximate surface area is 132 Å². The second-order valence-electron chi connectivity index (χ2n) is 5.23. The first-order chi connectivity index (χ1) is 10.1. The van der Waals surface area contributed by atoms with Crippen LogP contribution in [0.2, 0.25) is 0 Å². The average Bonchev–Trinajstić information content (AvgIpc) is 2.81. The highest BCUT2D eigenvalue weighted by atomic mass is 79.9. The van der Waals surface area contributed by atoms with Crippen LogP contribution in [-0.4, -0.2) is 9.38 Å². The van der Waals surface area contributed by atoms with E-state index in [1.54, 1.807) is 0 Å². The molecule has 3 aromatic rings. The molecule has 0 N–H and O–H groups in total. The molecule has 2 heterocycles. The lowest BCUT2D eigenvalue weighted by atomic mass is 10.1. The van der Waals surface area contributed by atoms with E-state index in [2.05, 4.69) is 53.8 Å². The lowest BCUT2D eigenvalue weighted by Gasteiger charge is -2.11. The van der Waals surface area contributed by atoms with Gasteiger partial charge in [-0.05, 0) is 55.7 Å². The van der Waals surface area contributed by atoms with Gasteiger partial charge in [0.15, 0.2) is 0 Å². The summed E-state index contributed by atoms with van der Waals surface area (Å²) in [5.41, 5.74) is 5.48. The van der Waals surface area contributed by atoms with Crippen LogP contribution >= 0.6 is 15.9 Å². The van der Waals surface area contributed by atoms with Crippen LogP contribution in [-0.2, 0) is 5.33 Å². The Bertz CT molecular complexity index is 808. The molecule has 4 heteroatoms. The summed E-state index contributed by atoms with van der Waals surface area (Å²) in [6.07, 6.45) is 2.00. The van der Waals surface area contributed by atoms with Gasteiger partial charge < -0.3 is 4.74 Å². The molecule has 0 saturated heterocycles. The van der Waals surface area contributed by atoms with Crippen LogP contribution in [0.5, 0.6) is 11.6 Å². The normalized spacial score (nSPS) is 11.0. The molecule has 0 aliphatic heterocycles. The molecule has 0 aliphatic rings. The van der Waals surface area contributed by atoms with Gasteiger partial charge in [0.2, 0.25) is 5.88 Å². The summed E-state index contributed by atoms with van der Waals surface area (Å²) >= 11 is 3.53. The van der Waals surface area contributed by atoms with Crippen molar-refractivity contribution in [2.75, 3.05) is 0 Å². The Morgan fingerprint density at radius 1 is 1.19 bits per heavy atom. The molecule has 3 rings (SSSR count). The fraction of sp³-hybridized carbons (Fsp3) is 0.235. The van der Waals surface area contributed by atoms with E-state index in [-0.39, 0.29) is 0 Å². The van der Waals surface area contributed by atoms with E-state index in [0.29, 0.717) is 11.2 Å². The molecule has 21 heavy (non-hydrogen) atoms. The molecule has 0 atom stereocenters. The Balaban J connectivity index is 2.10. The number of nitrogens with zero attached hydrogens (tertiary/aromatic N) is 2. The van der Waals surface area contributed by atoms with Crippen molar-refractivity contribution in [2.24, 2.45) is 0 Å². The minimum absolute atomic E-state index is 0.658. The van der Waals surface area contributed by atoms with Crippen LogP contribution in [0.4, 0.5) is 0 Å². The highest BCUT2D eigenvalue weighted by Crippen LogP contribution is 2.31. The van der Waals surface area contributed by atoms with E-state index in [1.165, 1.54) is 11.1 Å². The molecule has 1 aromatic carbocycles. The lowest BCUT2D eigenvalue weighted by molar-refractivity contribution is 0.457. The number of alkyl halides is 1. The van der Waals surface area contributed by atoms with E-state index in [9.17, 15) is 0 Å². The molecular weight excluding hydrogens is 328 g/mol. The zero-order valence-corrected chi connectivity index (χ0v) is 13.9. The van der Waals surface area contributed by atoms with Crippen molar-refractivity contribution in [3.63, 3.8) is 0 Å². The highest BCUT2D eigenvalue weighted by molar-refractivity contribution is 9.08. The summed E-state index contributed by atoms with van der Waals surface area (Å²) in [5.74, 6) is 1.53. The van der Waals surface area contributed by atoms with Crippen LogP contribution in [0.1, 0.15) is 22.4 Å². The first-order valence-corrected chi connectivity index (χ1v) is 8.00. The number of hydrogen-bond donors (Lipinski definition) is 0. The maximum atomic E-state index is 6.12. The average molecular weight is 345 g/mol. The second-order valence-corrected chi connectivity index (χ2v) is 5.79. The molecule has 3 nitrogen and oxygen atoms in total. The number of aryl methyl sites for hydroxylation is 2. The SMILES string of the molecule is Cc1cc(C)c(C)c(Oc2nc3ccccn3c2CBr)c1. The molecule has 0 aliphatic carbocycles. The molecule has 2 aromatic heterocycles. The molecule has 0 bridgehead atoms. The molecule has 0 radical (unpaired) electrons. The fourth-order valence-corrected chi connectivity index (χ4v) is 2.95. The predicted octanol–water partition coefficient (Wildman–Crippen LogP) is 4.95. The quantitative estimate of drug-likeness (QED) is 0.628. The standard InChI is InChI=1S/C17H17BrN2O/c1-11-8-12(2)13(3)15(9-11)21-17-14(10-18)20-7-5-4-6-16(20)19-17/h4-9H,10H2,1-3H3. The molecule has 108 valence electrons. The van der Waals surface area contributed by atoms with E-state index in [0.717, 1.165) is 22.7 Å². The van der Waals surface area contributed by atoms with Gasteiger partial charge in [-0.25, -0.2) is 0 Å². The van der Waals surface area contributed by atoms with Gasteiger partial charge in [-0.15, -0.1) is 0 Å². The van der Waals surface area contributed by atoms with Gasteiger partial charge >= 0.3 is 0 Å². The lowest BCUT2D eigenvalue weighted by Crippen LogP contribution is -1.95. The minimum atomic E-state index is 0.658. The zero-order valence-electron chi connectivity index (χ0n) is 12.4. The van der Waals surface area contributed by atoms with Crippen LogP contribution in [0.15, 0.2) is 36.5 Å². The summed E-state index contributed by atoms with van der Waals surface area (Å²) in [6, 6.07) is 10.2. The number of benzene rings is 1. The third kappa shape index (κ3) is 2.56. The molecular formula is C17H17BrN2O. The maximum Gasteiger partial charge on any atom is 0.242 e. The van der Waals surface area contributed by atoms with Crippen molar-refractivity contribution in [3.05, 3.63) is 58.9 Å². The van der Waals surface area contributed by atoms with E-state index < -0.39 is 0 Å². The zero-order chi connectivity index (χ0) is 15.0. The monoisotopic (exact) mass is 344 g/mol. The van der Waals surface area contributed by atoms with Crippen LogP contribution in [0.25, 0.3) is 5.65 Å². The van der Waals surface area contributed by atoms with Crippen LogP contribution < -0.4 is 4.74 Å². The number of halogens is 1. The van der Waals surface area contributed by atoms with Crippen molar-refractivity contribution in [2.45, 2.75) is 26.1 Å². The summed E-state index contributed by atoms with van der Waals surface area (Å²) in [6.45, 7) is 6.26. The van der Waals surface area contributed by atoms with Gasteiger partial charge in [-0.2, -0.15) is 4.98 Å². The first kappa shape index (κ1) is 14.1. The van der Waals surface area contributed by atoms with Crippen LogP contribution in [0, 0.1) is 20.8 Å². The van der Waals surface area contributed by atoms with E-state index >= 15 is 0 Å². The summed E-state index contributed by atoms with van der Waals surface area (Å²) < 4.78 is 8.16. The van der Waals surface area contributed by atoms with Gasteiger partial charge in [0, 0.05) is 11.5 Å². The topological polar surface area (TPSA) is 26.5 Å². The van der Waals surface area contributed by atoms with Gasteiger partial charge in [-0.3, -0.25) is 4.40 Å². The smallest absolute Gasteiger partial charge is 0.242 e. The van der Waals surface area contributed by atoms with Crippen molar-refractivity contribution in [1.29, 1.82) is 0 Å². The maximum absolute atomic E-state index is 6.12. The summed E-state index contributed by atoms with van der Waals surface area (Å²) in [4.78, 5) is 4.59. The third-order valence-corrected chi connectivity index (χ3v) is 4.22. The van der Waals surface area contributed by atoms with Gasteiger partial charge in [-0.1, -0.05) is 28.1 Å². The molecule has 0 amide bonds. The number of rotatable bonds is 3. The largest absolute Gasteiger partial charge is 0.437 e. The minimum Gasteiger partial charge on any atom is -0.437 e. The fourth-order valence-electron chi connectivity index (χ4n) is 2.44. The third-order valence-electron chi connectivity index (χ3n) is 3.69. The number of pyridine rings is 1. The summed E-state index contributed by atoms with van der Waals surface area (Å²) in [7, 11) is 0. The van der Waals surface area contributed by atoms with Crippen molar-refractivity contribution < 1.29 is 4.74 Å². The van der Waals surface area contributed by atoms with E-state index in [1.807, 2.05) is 28.8 Å². The van der Waals surface area contributed by atoms with Gasteiger partial charge in [0.25, 0.3) is 0 Å². The second kappa shape index (κ2) is 5.53. The number of fused-ring (bicyclic) bond motifs is 1. The molecule has 0 fully saturated rings. The molecule has 0 saturated carbocycles. The van der Waals surface area contributed by atoms with Crippen molar-refractivity contribution in [1.82, 2.24) is 9.38 Å².